The van der Waals surface area contributed by atoms with Gasteiger partial charge in [-0.15, -0.1) is 0 Å². The first-order valence-corrected chi connectivity index (χ1v) is 6.85. The molecule has 19 heavy (non-hydrogen) atoms. The van der Waals surface area contributed by atoms with Crippen LogP contribution in [0.1, 0.15) is 12.5 Å². The van der Waals surface area contributed by atoms with Gasteiger partial charge in [0.25, 0.3) is 5.56 Å². The molecule has 1 heterocycles. The highest BCUT2D eigenvalue weighted by atomic mass is 32.3. The number of rotatable bonds is 6. The topological polar surface area (TPSA) is 118 Å². The van der Waals surface area contributed by atoms with Gasteiger partial charge in [-0.1, -0.05) is 0 Å². The van der Waals surface area contributed by atoms with Crippen molar-refractivity contribution in [2.75, 3.05) is 6.54 Å². The van der Waals surface area contributed by atoms with Crippen LogP contribution in [0.25, 0.3) is 0 Å². The zero-order chi connectivity index (χ0) is 14.6. The van der Waals surface area contributed by atoms with E-state index in [9.17, 15) is 18.3 Å². The normalized spacial score (nSPS) is 13.4. The number of hydrogen-bond acceptors (Lipinski definition) is 6. The van der Waals surface area contributed by atoms with E-state index in [1.54, 1.807) is 6.92 Å². The first kappa shape index (κ1) is 15.6. The second-order valence-corrected chi connectivity index (χ2v) is 5.05. The Morgan fingerprint density at radius 3 is 2.63 bits per heavy atom. The van der Waals surface area contributed by atoms with Crippen molar-refractivity contribution < 1.29 is 22.3 Å². The van der Waals surface area contributed by atoms with Gasteiger partial charge in [-0.3, -0.25) is 19.2 Å². The highest BCUT2D eigenvalue weighted by molar-refractivity contribution is 7.80. The lowest BCUT2D eigenvalue weighted by atomic mass is 10.3. The molecule has 9 heteroatoms. The molecule has 0 saturated heterocycles. The molecular formula is C10H16N2O6S. The molecule has 0 fully saturated rings. The minimum absolute atomic E-state index is 0.129. The minimum atomic E-state index is -4.52. The van der Waals surface area contributed by atoms with Crippen LogP contribution in [0, 0.1) is 6.92 Å². The maximum absolute atomic E-state index is 11.6. The number of aromatic nitrogens is 1. The summed E-state index contributed by atoms with van der Waals surface area (Å²) in [5.41, 5.74) is 0.289. The van der Waals surface area contributed by atoms with Crippen LogP contribution in [-0.2, 0) is 21.1 Å². The van der Waals surface area contributed by atoms with Gasteiger partial charge in [0.1, 0.15) is 6.23 Å². The van der Waals surface area contributed by atoms with Crippen molar-refractivity contribution in [3.8, 4) is 5.88 Å². The Morgan fingerprint density at radius 2 is 2.11 bits per heavy atom. The van der Waals surface area contributed by atoms with Gasteiger partial charge < -0.3 is 5.11 Å². The molecule has 108 valence electrons. The molecular weight excluding hydrogens is 276 g/mol. The predicted molar refractivity (Wildman–Crippen MR) is 67.2 cm³/mol. The smallest absolute Gasteiger partial charge is 0.398 e. The third-order valence-electron chi connectivity index (χ3n) is 2.28. The molecule has 3 N–H and O–H groups in total. The first-order chi connectivity index (χ1) is 8.69. The number of pyridine rings is 1. The van der Waals surface area contributed by atoms with E-state index in [1.165, 1.54) is 19.1 Å². The summed E-state index contributed by atoms with van der Waals surface area (Å²) < 4.78 is 34.6. The Kier molecular flexibility index (Phi) is 5.06. The molecule has 0 aromatic carbocycles. The van der Waals surface area contributed by atoms with E-state index in [1.807, 2.05) is 0 Å². The maximum atomic E-state index is 11.6. The molecule has 0 amide bonds. The van der Waals surface area contributed by atoms with E-state index < -0.39 is 16.6 Å². The van der Waals surface area contributed by atoms with E-state index in [4.69, 9.17) is 4.55 Å². The molecule has 1 aromatic rings. The summed E-state index contributed by atoms with van der Waals surface area (Å²) in [6.07, 6.45) is -0.946. The SMILES string of the molecule is Cc1cc(O)n(CCNC(C)OS(=O)(=O)O)c(=O)c1. The minimum Gasteiger partial charge on any atom is -0.494 e. The number of aromatic hydroxyl groups is 1. The number of nitrogens with one attached hydrogen (secondary N) is 1. The molecule has 0 saturated carbocycles. The molecule has 0 aliphatic carbocycles. The summed E-state index contributed by atoms with van der Waals surface area (Å²) in [6, 6.07) is 2.82. The van der Waals surface area contributed by atoms with Crippen LogP contribution in [0.15, 0.2) is 16.9 Å². The Morgan fingerprint density at radius 1 is 1.47 bits per heavy atom. The molecule has 1 unspecified atom stereocenters. The van der Waals surface area contributed by atoms with Gasteiger partial charge >= 0.3 is 10.4 Å². The van der Waals surface area contributed by atoms with Gasteiger partial charge in [-0.25, -0.2) is 4.18 Å². The zero-order valence-electron chi connectivity index (χ0n) is 10.5. The van der Waals surface area contributed by atoms with Crippen LogP contribution in [0.4, 0.5) is 0 Å². The fourth-order valence-corrected chi connectivity index (χ4v) is 1.96. The Hall–Kier alpha value is -1.42. The third kappa shape index (κ3) is 5.39. The molecule has 0 spiro atoms. The number of nitrogens with zero attached hydrogens (tertiary/aromatic N) is 1. The summed E-state index contributed by atoms with van der Waals surface area (Å²) in [4.78, 5) is 11.6. The highest BCUT2D eigenvalue weighted by Gasteiger charge is 2.11. The standard InChI is InChI=1S/C10H16N2O6S/c1-7-5-9(13)12(10(14)6-7)4-3-11-8(2)18-19(15,16)17/h5-6,8,11,13H,3-4H2,1-2H3,(H,15,16,17). The first-order valence-electron chi connectivity index (χ1n) is 5.48. The van der Waals surface area contributed by atoms with Crippen LogP contribution in [0.3, 0.4) is 0 Å². The summed E-state index contributed by atoms with van der Waals surface area (Å²) >= 11 is 0. The van der Waals surface area contributed by atoms with Gasteiger partial charge in [-0.05, 0) is 19.4 Å². The average molecular weight is 292 g/mol. The van der Waals surface area contributed by atoms with Gasteiger partial charge in [-0.2, -0.15) is 8.42 Å². The average Bonchev–Trinajstić information content (AvgIpc) is 2.19. The van der Waals surface area contributed by atoms with Gasteiger partial charge in [0, 0.05) is 25.2 Å². The van der Waals surface area contributed by atoms with Gasteiger partial charge in [0.15, 0.2) is 5.88 Å². The molecule has 0 radical (unpaired) electrons. The van der Waals surface area contributed by atoms with Crippen LogP contribution < -0.4 is 10.9 Å². The zero-order valence-corrected chi connectivity index (χ0v) is 11.3. The second-order valence-electron chi connectivity index (χ2n) is 4.00. The Labute approximate surface area is 110 Å². The predicted octanol–water partition coefficient (Wildman–Crippen LogP) is -0.383. The third-order valence-corrected chi connectivity index (χ3v) is 2.82. The van der Waals surface area contributed by atoms with Crippen molar-refractivity contribution in [1.82, 2.24) is 9.88 Å². The Balaban J connectivity index is 2.57. The van der Waals surface area contributed by atoms with Gasteiger partial charge in [0.05, 0.1) is 0 Å². The molecule has 0 aliphatic heterocycles. The Bertz CT molecular complexity index is 595. The molecule has 1 rings (SSSR count). The van der Waals surface area contributed by atoms with Crippen LogP contribution in [-0.4, -0.2) is 35.4 Å². The number of hydrogen-bond donors (Lipinski definition) is 3. The molecule has 0 aliphatic rings. The van der Waals surface area contributed by atoms with E-state index in [2.05, 4.69) is 9.50 Å². The molecule has 1 aromatic heterocycles. The lowest BCUT2D eigenvalue weighted by Crippen LogP contribution is -2.35. The summed E-state index contributed by atoms with van der Waals surface area (Å²) in [6.45, 7) is 3.37. The van der Waals surface area contributed by atoms with Crippen molar-refractivity contribution >= 4 is 10.4 Å². The molecule has 0 bridgehead atoms. The van der Waals surface area contributed by atoms with Crippen LogP contribution >= 0.6 is 0 Å². The van der Waals surface area contributed by atoms with Crippen LogP contribution in [0.5, 0.6) is 5.88 Å². The van der Waals surface area contributed by atoms with Crippen LogP contribution in [0.2, 0.25) is 0 Å². The van der Waals surface area contributed by atoms with Crippen molar-refractivity contribution in [3.05, 3.63) is 28.0 Å². The lowest BCUT2D eigenvalue weighted by molar-refractivity contribution is 0.164. The van der Waals surface area contributed by atoms with E-state index in [0.717, 1.165) is 4.57 Å². The van der Waals surface area contributed by atoms with Gasteiger partial charge in [0.2, 0.25) is 0 Å². The number of aryl methyl sites for hydroxylation is 1. The lowest BCUT2D eigenvalue weighted by Gasteiger charge is -2.13. The quantitative estimate of drug-likeness (QED) is 0.483. The fourth-order valence-electron chi connectivity index (χ4n) is 1.53. The second kappa shape index (κ2) is 6.15. The summed E-state index contributed by atoms with van der Waals surface area (Å²) in [5.74, 6) is -0.171. The van der Waals surface area contributed by atoms with E-state index in [0.29, 0.717) is 5.56 Å². The molecule has 1 atom stereocenters. The fraction of sp³-hybridized carbons (Fsp3) is 0.500. The van der Waals surface area contributed by atoms with Crippen molar-refractivity contribution in [3.63, 3.8) is 0 Å². The van der Waals surface area contributed by atoms with Crippen molar-refractivity contribution in [2.24, 2.45) is 0 Å². The van der Waals surface area contributed by atoms with Crippen molar-refractivity contribution in [1.29, 1.82) is 0 Å². The van der Waals surface area contributed by atoms with E-state index in [-0.39, 0.29) is 24.5 Å². The summed E-state index contributed by atoms with van der Waals surface area (Å²) in [5, 5.41) is 12.2. The highest BCUT2D eigenvalue weighted by Crippen LogP contribution is 2.07. The molecule has 8 nitrogen and oxygen atoms in total. The van der Waals surface area contributed by atoms with E-state index >= 15 is 0 Å². The monoisotopic (exact) mass is 292 g/mol. The largest absolute Gasteiger partial charge is 0.494 e. The summed E-state index contributed by atoms with van der Waals surface area (Å²) in [7, 11) is -4.52. The van der Waals surface area contributed by atoms with Crippen molar-refractivity contribution in [2.45, 2.75) is 26.6 Å². The maximum Gasteiger partial charge on any atom is 0.398 e.